The maximum Gasteiger partial charge on any atom is 0.222 e. The number of hydrogen-bond acceptors (Lipinski definition) is 1. The van der Waals surface area contributed by atoms with E-state index in [9.17, 15) is 4.79 Å². The van der Waals surface area contributed by atoms with Crippen LogP contribution in [0.15, 0.2) is 0 Å². The molecule has 0 bridgehead atoms. The van der Waals surface area contributed by atoms with Crippen LogP contribution in [0.1, 0.15) is 26.7 Å². The van der Waals surface area contributed by atoms with Gasteiger partial charge in [0.15, 0.2) is 0 Å². The third-order valence-corrected chi connectivity index (χ3v) is 1.86. The Morgan fingerprint density at radius 1 is 1.36 bits per heavy atom. The van der Waals surface area contributed by atoms with Crippen LogP contribution >= 0.6 is 15.9 Å². The van der Waals surface area contributed by atoms with Gasteiger partial charge in [0.25, 0.3) is 0 Å². The van der Waals surface area contributed by atoms with Gasteiger partial charge >= 0.3 is 0 Å². The molecule has 0 aromatic carbocycles. The van der Waals surface area contributed by atoms with E-state index < -0.39 is 0 Å². The van der Waals surface area contributed by atoms with E-state index in [2.05, 4.69) is 22.9 Å². The number of rotatable bonds is 5. The summed E-state index contributed by atoms with van der Waals surface area (Å²) < 4.78 is 0. The summed E-state index contributed by atoms with van der Waals surface area (Å²) in [5.41, 5.74) is 0. The maximum absolute atomic E-state index is 11.2. The van der Waals surface area contributed by atoms with Crippen LogP contribution in [0.3, 0.4) is 0 Å². The average Bonchev–Trinajstić information content (AvgIpc) is 2.03. The van der Waals surface area contributed by atoms with E-state index in [1.54, 1.807) is 0 Å². The normalized spacial score (nSPS) is 9.73. The highest BCUT2D eigenvalue weighted by atomic mass is 79.9. The highest BCUT2D eigenvalue weighted by Gasteiger charge is 2.07. The summed E-state index contributed by atoms with van der Waals surface area (Å²) in [6, 6.07) is 0. The molecule has 0 radical (unpaired) electrons. The third kappa shape index (κ3) is 4.40. The minimum absolute atomic E-state index is 0.256. The number of carbonyl (C=O) groups is 1. The lowest BCUT2D eigenvalue weighted by Crippen LogP contribution is -2.32. The third-order valence-electron chi connectivity index (χ3n) is 1.50. The van der Waals surface area contributed by atoms with Crippen molar-refractivity contribution in [3.63, 3.8) is 0 Å². The number of halogens is 1. The van der Waals surface area contributed by atoms with E-state index in [0.717, 1.165) is 24.8 Å². The molecule has 0 aromatic rings. The monoisotopic (exact) mass is 221 g/mol. The quantitative estimate of drug-likeness (QED) is 0.652. The average molecular weight is 222 g/mol. The summed E-state index contributed by atoms with van der Waals surface area (Å²) in [7, 11) is 0. The molecule has 2 nitrogen and oxygen atoms in total. The van der Waals surface area contributed by atoms with Gasteiger partial charge in [-0.05, 0) is 6.42 Å². The van der Waals surface area contributed by atoms with Crippen LogP contribution in [0.2, 0.25) is 0 Å². The minimum atomic E-state index is 0.256. The van der Waals surface area contributed by atoms with Crippen molar-refractivity contribution in [2.24, 2.45) is 0 Å². The van der Waals surface area contributed by atoms with Crippen LogP contribution in [-0.2, 0) is 4.79 Å². The Balaban J connectivity index is 3.76. The summed E-state index contributed by atoms with van der Waals surface area (Å²) in [6.07, 6.45) is 1.66. The lowest BCUT2D eigenvalue weighted by Gasteiger charge is -2.19. The van der Waals surface area contributed by atoms with Crippen molar-refractivity contribution in [2.45, 2.75) is 26.7 Å². The Morgan fingerprint density at radius 3 is 2.36 bits per heavy atom. The molecular weight excluding hydrogens is 206 g/mol. The van der Waals surface area contributed by atoms with E-state index in [1.165, 1.54) is 0 Å². The van der Waals surface area contributed by atoms with Gasteiger partial charge in [0, 0.05) is 24.8 Å². The molecular formula is C8H16BrNO. The van der Waals surface area contributed by atoms with E-state index in [4.69, 9.17) is 0 Å². The van der Waals surface area contributed by atoms with Gasteiger partial charge in [0.2, 0.25) is 5.91 Å². The van der Waals surface area contributed by atoms with Gasteiger partial charge in [-0.2, -0.15) is 0 Å². The smallest absolute Gasteiger partial charge is 0.222 e. The number of amides is 1. The van der Waals surface area contributed by atoms with Crippen molar-refractivity contribution in [1.29, 1.82) is 0 Å². The zero-order chi connectivity index (χ0) is 8.69. The van der Waals surface area contributed by atoms with Gasteiger partial charge in [-0.1, -0.05) is 29.8 Å². The van der Waals surface area contributed by atoms with Crippen molar-refractivity contribution in [3.05, 3.63) is 0 Å². The molecule has 0 atom stereocenters. The predicted octanol–water partition coefficient (Wildman–Crippen LogP) is 2.03. The molecule has 0 aliphatic heterocycles. The van der Waals surface area contributed by atoms with E-state index in [0.29, 0.717) is 6.42 Å². The first kappa shape index (κ1) is 11.0. The second-order valence-electron chi connectivity index (χ2n) is 2.42. The van der Waals surface area contributed by atoms with Crippen LogP contribution < -0.4 is 0 Å². The summed E-state index contributed by atoms with van der Waals surface area (Å²) in [5, 5.41) is 0.874. The van der Waals surface area contributed by atoms with Gasteiger partial charge in [-0.15, -0.1) is 0 Å². The van der Waals surface area contributed by atoms with Crippen molar-refractivity contribution < 1.29 is 4.79 Å². The molecule has 0 saturated carbocycles. The molecule has 0 aliphatic rings. The molecule has 0 spiro atoms. The topological polar surface area (TPSA) is 20.3 Å². The fourth-order valence-electron chi connectivity index (χ4n) is 0.957. The number of alkyl halides is 1. The van der Waals surface area contributed by atoms with Crippen LogP contribution in [-0.4, -0.2) is 29.2 Å². The second-order valence-corrected chi connectivity index (χ2v) is 3.22. The lowest BCUT2D eigenvalue weighted by molar-refractivity contribution is -0.130. The molecule has 0 fully saturated rings. The summed E-state index contributed by atoms with van der Waals surface area (Å²) in [6.45, 7) is 5.71. The molecule has 0 rings (SSSR count). The number of nitrogens with zero attached hydrogens (tertiary/aromatic N) is 1. The second kappa shape index (κ2) is 6.65. The Kier molecular flexibility index (Phi) is 6.62. The molecule has 0 aromatic heterocycles. The zero-order valence-corrected chi connectivity index (χ0v) is 8.85. The number of carbonyl (C=O) groups excluding carboxylic acids is 1. The van der Waals surface area contributed by atoms with Crippen LogP contribution in [0.5, 0.6) is 0 Å². The van der Waals surface area contributed by atoms with Gasteiger partial charge in [0.1, 0.15) is 0 Å². The Labute approximate surface area is 77.1 Å². The van der Waals surface area contributed by atoms with Crippen molar-refractivity contribution in [2.75, 3.05) is 18.4 Å². The molecule has 11 heavy (non-hydrogen) atoms. The molecule has 66 valence electrons. The van der Waals surface area contributed by atoms with E-state index in [1.807, 2.05) is 11.8 Å². The Bertz CT molecular complexity index is 111. The zero-order valence-electron chi connectivity index (χ0n) is 7.27. The highest BCUT2D eigenvalue weighted by molar-refractivity contribution is 9.09. The first-order chi connectivity index (χ1) is 5.26. The van der Waals surface area contributed by atoms with Gasteiger partial charge in [-0.25, -0.2) is 0 Å². The molecule has 0 aliphatic carbocycles. The fraction of sp³-hybridized carbons (Fsp3) is 0.875. The molecule has 0 unspecified atom stereocenters. The highest BCUT2D eigenvalue weighted by Crippen LogP contribution is 1.97. The Morgan fingerprint density at radius 2 is 2.00 bits per heavy atom. The van der Waals surface area contributed by atoms with E-state index in [-0.39, 0.29) is 5.91 Å². The fourth-order valence-corrected chi connectivity index (χ4v) is 1.38. The standard InChI is InChI=1S/C8H16BrNO/c1-3-6-10(7-5-9)8(11)4-2/h3-7H2,1-2H3. The molecule has 3 heteroatoms. The lowest BCUT2D eigenvalue weighted by atomic mass is 10.3. The maximum atomic E-state index is 11.2. The van der Waals surface area contributed by atoms with Crippen LogP contribution in [0.25, 0.3) is 0 Å². The summed E-state index contributed by atoms with van der Waals surface area (Å²) in [5.74, 6) is 0.256. The van der Waals surface area contributed by atoms with E-state index >= 15 is 0 Å². The molecule has 0 N–H and O–H groups in total. The SMILES string of the molecule is CCCN(CCBr)C(=O)CC. The molecule has 0 saturated heterocycles. The first-order valence-corrected chi connectivity index (χ1v) is 5.22. The predicted molar refractivity (Wildman–Crippen MR) is 51.0 cm³/mol. The first-order valence-electron chi connectivity index (χ1n) is 4.10. The molecule has 1 amide bonds. The minimum Gasteiger partial charge on any atom is -0.342 e. The van der Waals surface area contributed by atoms with Crippen LogP contribution in [0, 0.1) is 0 Å². The van der Waals surface area contributed by atoms with Gasteiger partial charge < -0.3 is 4.90 Å². The van der Waals surface area contributed by atoms with Gasteiger partial charge in [-0.3, -0.25) is 4.79 Å². The molecule has 0 heterocycles. The number of hydrogen-bond donors (Lipinski definition) is 0. The van der Waals surface area contributed by atoms with Crippen molar-refractivity contribution >= 4 is 21.8 Å². The Hall–Kier alpha value is -0.0500. The van der Waals surface area contributed by atoms with Gasteiger partial charge in [0.05, 0.1) is 0 Å². The summed E-state index contributed by atoms with van der Waals surface area (Å²) >= 11 is 3.32. The van der Waals surface area contributed by atoms with Crippen molar-refractivity contribution in [3.8, 4) is 0 Å². The summed E-state index contributed by atoms with van der Waals surface area (Å²) in [4.78, 5) is 13.1. The van der Waals surface area contributed by atoms with Crippen molar-refractivity contribution in [1.82, 2.24) is 4.90 Å². The largest absolute Gasteiger partial charge is 0.342 e. The van der Waals surface area contributed by atoms with Crippen LogP contribution in [0.4, 0.5) is 0 Å².